The quantitative estimate of drug-likeness (QED) is 0.851. The van der Waals surface area contributed by atoms with Crippen LogP contribution in [0.3, 0.4) is 0 Å². The molecule has 2 N–H and O–H groups in total. The number of aryl methyl sites for hydroxylation is 1. The van der Waals surface area contributed by atoms with Gasteiger partial charge in [-0.25, -0.2) is 4.98 Å². The minimum absolute atomic E-state index is 0.148. The number of anilines is 1. The van der Waals surface area contributed by atoms with Crippen molar-refractivity contribution in [1.29, 1.82) is 0 Å². The number of carbonyl (C=O) groups is 1. The van der Waals surface area contributed by atoms with Crippen LogP contribution in [-0.2, 0) is 4.79 Å². The molecule has 0 unspecified atom stereocenters. The highest BCUT2D eigenvalue weighted by Crippen LogP contribution is 2.29. The minimum atomic E-state index is 0.148. The van der Waals surface area contributed by atoms with Crippen LogP contribution in [0.1, 0.15) is 18.3 Å². The highest BCUT2D eigenvalue weighted by Gasteiger charge is 2.20. The van der Waals surface area contributed by atoms with E-state index in [1.54, 1.807) is 6.92 Å². The number of imidazole rings is 1. The topological polar surface area (TPSA) is 64.3 Å². The molecule has 4 rings (SSSR count). The molecule has 2 aliphatic heterocycles. The molecule has 0 aliphatic carbocycles. The Balaban J connectivity index is 1.65. The molecule has 2 aliphatic rings. The minimum Gasteiger partial charge on any atom is -0.387 e. The maximum Gasteiger partial charge on any atom is 0.219 e. The van der Waals surface area contributed by atoms with Gasteiger partial charge in [-0.2, -0.15) is 0 Å². The monoisotopic (exact) mass is 371 g/mol. The van der Waals surface area contributed by atoms with Crippen molar-refractivity contribution >= 4 is 39.8 Å². The van der Waals surface area contributed by atoms with Crippen molar-refractivity contribution in [1.82, 2.24) is 20.2 Å². The maximum atomic E-state index is 11.5. The van der Waals surface area contributed by atoms with E-state index < -0.39 is 0 Å². The van der Waals surface area contributed by atoms with E-state index >= 15 is 0 Å². The molecule has 1 amide bonds. The third-order valence-electron chi connectivity index (χ3n) is 5.05. The second-order valence-corrected chi connectivity index (χ2v) is 7.19. The van der Waals surface area contributed by atoms with Gasteiger partial charge in [-0.15, -0.1) is 0 Å². The molecule has 0 bridgehead atoms. The number of hydrogen-bond acceptors (Lipinski definition) is 4. The first-order chi connectivity index (χ1) is 12.5. The third-order valence-corrected chi connectivity index (χ3v) is 5.41. The van der Waals surface area contributed by atoms with Crippen LogP contribution in [0.25, 0.3) is 16.6 Å². The van der Waals surface area contributed by atoms with E-state index in [1.807, 2.05) is 17.2 Å². The summed E-state index contributed by atoms with van der Waals surface area (Å²) in [6.07, 6.45) is 3.69. The lowest BCUT2D eigenvalue weighted by Gasteiger charge is -2.35. The lowest BCUT2D eigenvalue weighted by molar-refractivity contribution is -0.129. The number of carbonyl (C=O) groups excluding carboxylic acids is 1. The summed E-state index contributed by atoms with van der Waals surface area (Å²) < 4.78 is 0. The van der Waals surface area contributed by atoms with Crippen LogP contribution in [0.2, 0.25) is 0 Å². The number of rotatable bonds is 2. The molecule has 6 nitrogen and oxygen atoms in total. The van der Waals surface area contributed by atoms with Gasteiger partial charge in [-0.1, -0.05) is 11.6 Å². The molecule has 26 heavy (non-hydrogen) atoms. The van der Waals surface area contributed by atoms with Crippen LogP contribution in [0.5, 0.6) is 0 Å². The normalized spacial score (nSPS) is 17.8. The second-order valence-electron chi connectivity index (χ2n) is 6.78. The van der Waals surface area contributed by atoms with Crippen LogP contribution >= 0.6 is 11.6 Å². The summed E-state index contributed by atoms with van der Waals surface area (Å²) in [7, 11) is 0. The van der Waals surface area contributed by atoms with E-state index in [1.165, 1.54) is 0 Å². The number of piperazine rings is 1. The number of aromatic amines is 1. The number of nitrogens with one attached hydrogen (secondary N) is 2. The number of aromatic nitrogens is 2. The third kappa shape index (κ3) is 3.05. The molecule has 2 aromatic rings. The summed E-state index contributed by atoms with van der Waals surface area (Å²) in [6.45, 7) is 7.59. The number of hydrogen-bond donors (Lipinski definition) is 2. The Hall–Kier alpha value is -2.47. The summed E-state index contributed by atoms with van der Waals surface area (Å²) in [4.78, 5) is 23.9. The van der Waals surface area contributed by atoms with Gasteiger partial charge >= 0.3 is 0 Å². The Morgan fingerprint density at radius 3 is 2.69 bits per heavy atom. The molecule has 1 fully saturated rings. The van der Waals surface area contributed by atoms with Crippen LogP contribution < -0.4 is 10.2 Å². The zero-order valence-corrected chi connectivity index (χ0v) is 15.7. The van der Waals surface area contributed by atoms with Crippen molar-refractivity contribution in [3.05, 3.63) is 40.8 Å². The van der Waals surface area contributed by atoms with Gasteiger partial charge in [0.15, 0.2) is 0 Å². The van der Waals surface area contributed by atoms with Gasteiger partial charge in [0.25, 0.3) is 0 Å². The van der Waals surface area contributed by atoms with Gasteiger partial charge in [0.1, 0.15) is 5.82 Å². The van der Waals surface area contributed by atoms with Crippen molar-refractivity contribution in [2.24, 2.45) is 0 Å². The number of amides is 1. The smallest absolute Gasteiger partial charge is 0.219 e. The Morgan fingerprint density at radius 1 is 1.23 bits per heavy atom. The lowest BCUT2D eigenvalue weighted by Crippen LogP contribution is -2.48. The molecule has 7 heteroatoms. The molecule has 0 saturated carbocycles. The maximum absolute atomic E-state index is 11.5. The van der Waals surface area contributed by atoms with Crippen LogP contribution in [0.4, 0.5) is 5.69 Å². The fourth-order valence-electron chi connectivity index (χ4n) is 3.55. The van der Waals surface area contributed by atoms with E-state index in [0.717, 1.165) is 59.9 Å². The highest BCUT2D eigenvalue weighted by atomic mass is 35.5. The highest BCUT2D eigenvalue weighted by molar-refractivity contribution is 6.34. The van der Waals surface area contributed by atoms with E-state index in [4.69, 9.17) is 16.6 Å². The molecule has 0 atom stereocenters. The second kappa shape index (κ2) is 6.68. The van der Waals surface area contributed by atoms with E-state index in [2.05, 4.69) is 34.3 Å². The Bertz CT molecular complexity index is 921. The Labute approximate surface area is 157 Å². The zero-order chi connectivity index (χ0) is 18.3. The molecule has 1 aromatic carbocycles. The summed E-state index contributed by atoms with van der Waals surface area (Å²) in [5.41, 5.74) is 5.25. The Kier molecular flexibility index (Phi) is 4.36. The van der Waals surface area contributed by atoms with Crippen molar-refractivity contribution in [2.75, 3.05) is 37.6 Å². The molecule has 0 radical (unpaired) electrons. The number of fused-ring (bicyclic) bond motifs is 1. The van der Waals surface area contributed by atoms with Crippen LogP contribution in [-0.4, -0.2) is 53.5 Å². The first-order valence-electron chi connectivity index (χ1n) is 8.82. The van der Waals surface area contributed by atoms with Crippen molar-refractivity contribution < 1.29 is 4.79 Å². The van der Waals surface area contributed by atoms with Gasteiger partial charge in [0.2, 0.25) is 5.91 Å². The van der Waals surface area contributed by atoms with E-state index in [0.29, 0.717) is 11.6 Å². The van der Waals surface area contributed by atoms with Gasteiger partial charge < -0.3 is 20.1 Å². The zero-order valence-electron chi connectivity index (χ0n) is 15.0. The number of H-pyrrole nitrogens is 1. The van der Waals surface area contributed by atoms with Crippen molar-refractivity contribution in [3.63, 3.8) is 0 Å². The standard InChI is InChI=1S/C19H22ClN5O/c1-12-9-14(25-7-5-24(6-8-25)13(2)26)10-17-18(12)23-19(22-17)15-11-21-4-3-16(15)20/h3-4,9-10,21H,5-8,11H2,1-2H3,(H,22,23). The van der Waals surface area contributed by atoms with E-state index in [-0.39, 0.29) is 5.91 Å². The lowest BCUT2D eigenvalue weighted by atomic mass is 10.1. The average molecular weight is 372 g/mol. The molecule has 3 heterocycles. The number of allylic oxidation sites excluding steroid dienone is 2. The fraction of sp³-hybridized carbons (Fsp3) is 0.368. The van der Waals surface area contributed by atoms with Crippen LogP contribution in [0.15, 0.2) is 29.4 Å². The van der Waals surface area contributed by atoms with Gasteiger partial charge in [-0.05, 0) is 36.9 Å². The average Bonchev–Trinajstić information content (AvgIpc) is 3.06. The fourth-order valence-corrected chi connectivity index (χ4v) is 3.77. The largest absolute Gasteiger partial charge is 0.387 e. The van der Waals surface area contributed by atoms with Crippen molar-refractivity contribution in [3.8, 4) is 0 Å². The predicted molar refractivity (Wildman–Crippen MR) is 105 cm³/mol. The molecule has 1 aromatic heterocycles. The number of halogens is 1. The van der Waals surface area contributed by atoms with Crippen LogP contribution in [0, 0.1) is 6.92 Å². The van der Waals surface area contributed by atoms with Gasteiger partial charge in [0.05, 0.1) is 16.1 Å². The molecular formula is C19H22ClN5O. The molecule has 136 valence electrons. The Morgan fingerprint density at radius 2 is 2.00 bits per heavy atom. The number of nitrogens with zero attached hydrogens (tertiary/aromatic N) is 3. The summed E-state index contributed by atoms with van der Waals surface area (Å²) in [5.74, 6) is 0.957. The summed E-state index contributed by atoms with van der Waals surface area (Å²) in [6, 6.07) is 4.31. The number of dihydropyridines is 1. The van der Waals surface area contributed by atoms with Crippen molar-refractivity contribution in [2.45, 2.75) is 13.8 Å². The first kappa shape index (κ1) is 17.0. The molecule has 1 saturated heterocycles. The predicted octanol–water partition coefficient (Wildman–Crippen LogP) is 2.61. The van der Waals surface area contributed by atoms with E-state index in [9.17, 15) is 4.79 Å². The SMILES string of the molecule is CC(=O)N1CCN(c2cc(C)c3nc(C4=C(Cl)C=CNC4)[nH]c3c2)CC1. The molecule has 0 spiro atoms. The summed E-state index contributed by atoms with van der Waals surface area (Å²) >= 11 is 6.33. The molecular weight excluding hydrogens is 350 g/mol. The number of benzene rings is 1. The first-order valence-corrected chi connectivity index (χ1v) is 9.20. The summed E-state index contributed by atoms with van der Waals surface area (Å²) in [5, 5.41) is 3.89. The van der Waals surface area contributed by atoms with Gasteiger partial charge in [-0.3, -0.25) is 4.79 Å². The van der Waals surface area contributed by atoms with Gasteiger partial charge in [0, 0.05) is 50.9 Å².